The van der Waals surface area contributed by atoms with Gasteiger partial charge in [-0.2, -0.15) is 0 Å². The van der Waals surface area contributed by atoms with Crippen LogP contribution in [0.4, 0.5) is 0 Å². The van der Waals surface area contributed by atoms with Gasteiger partial charge in [0.15, 0.2) is 0 Å². The maximum Gasteiger partial charge on any atom is 0.266 e. The van der Waals surface area contributed by atoms with E-state index in [-0.39, 0.29) is 24.8 Å². The third kappa shape index (κ3) is 4.23. The highest BCUT2D eigenvalue weighted by atomic mass is 32.2. The molecular weight excluding hydrogens is 350 g/mol. The zero-order valence-corrected chi connectivity index (χ0v) is 14.5. The number of hydrazine groups is 1. The Balaban J connectivity index is 1.52. The molecule has 1 aromatic heterocycles. The molecule has 2 fully saturated rings. The number of amides is 2. The molecule has 1 aromatic rings. The van der Waals surface area contributed by atoms with Crippen molar-refractivity contribution < 1.29 is 18.7 Å². The van der Waals surface area contributed by atoms with Gasteiger partial charge in [-0.1, -0.05) is 24.0 Å². The van der Waals surface area contributed by atoms with Crippen molar-refractivity contribution in [3.8, 4) is 0 Å². The summed E-state index contributed by atoms with van der Waals surface area (Å²) in [5, 5.41) is 1.83. The average Bonchev–Trinajstić information content (AvgIpc) is 3.16. The van der Waals surface area contributed by atoms with Crippen molar-refractivity contribution in [2.75, 3.05) is 32.8 Å². The minimum absolute atomic E-state index is 0.138. The fourth-order valence-electron chi connectivity index (χ4n) is 2.32. The van der Waals surface area contributed by atoms with Crippen molar-refractivity contribution >= 4 is 46.2 Å². The lowest BCUT2D eigenvalue weighted by Crippen LogP contribution is -2.49. The minimum Gasteiger partial charge on any atom is -0.465 e. The third-order valence-electron chi connectivity index (χ3n) is 3.55. The predicted octanol–water partition coefficient (Wildman–Crippen LogP) is 1.23. The molecule has 0 unspecified atom stereocenters. The molecule has 0 aromatic carbocycles. The fraction of sp³-hybridized carbons (Fsp3) is 0.400. The van der Waals surface area contributed by atoms with Crippen molar-refractivity contribution in [3.63, 3.8) is 0 Å². The summed E-state index contributed by atoms with van der Waals surface area (Å²) in [5.74, 6) is 0.266. The Hall–Kier alpha value is -1.68. The number of ether oxygens (including phenoxy) is 1. The maximum atomic E-state index is 12.4. The van der Waals surface area contributed by atoms with Gasteiger partial charge in [-0.15, -0.1) is 0 Å². The highest BCUT2D eigenvalue weighted by molar-refractivity contribution is 8.26. The van der Waals surface area contributed by atoms with E-state index in [0.717, 1.165) is 0 Å². The Morgan fingerprint density at radius 1 is 1.42 bits per heavy atom. The van der Waals surface area contributed by atoms with E-state index in [0.29, 0.717) is 41.3 Å². The van der Waals surface area contributed by atoms with Gasteiger partial charge in [0, 0.05) is 32.1 Å². The SMILES string of the molecule is O=C(CCN1C(=O)C(=Cc2ccco2)SC1=S)NN1CCOCC1. The minimum atomic E-state index is -0.194. The molecule has 128 valence electrons. The van der Waals surface area contributed by atoms with Crippen LogP contribution in [0.3, 0.4) is 0 Å². The van der Waals surface area contributed by atoms with E-state index in [1.54, 1.807) is 24.5 Å². The van der Waals surface area contributed by atoms with Gasteiger partial charge in [0.05, 0.1) is 24.4 Å². The number of thioether (sulfide) groups is 1. The molecule has 2 aliphatic rings. The number of carbonyl (C=O) groups is 2. The molecule has 1 N–H and O–H groups in total. The summed E-state index contributed by atoms with van der Waals surface area (Å²) in [4.78, 5) is 26.4. The van der Waals surface area contributed by atoms with Gasteiger partial charge >= 0.3 is 0 Å². The molecular formula is C15H17N3O4S2. The van der Waals surface area contributed by atoms with Gasteiger partial charge in [-0.25, -0.2) is 5.01 Å². The maximum absolute atomic E-state index is 12.4. The molecule has 0 radical (unpaired) electrons. The second-order valence-electron chi connectivity index (χ2n) is 5.23. The van der Waals surface area contributed by atoms with E-state index in [4.69, 9.17) is 21.4 Å². The number of rotatable bonds is 5. The van der Waals surface area contributed by atoms with Gasteiger partial charge in [0.2, 0.25) is 5.91 Å². The van der Waals surface area contributed by atoms with Crippen LogP contribution in [0.5, 0.6) is 0 Å². The van der Waals surface area contributed by atoms with Crippen molar-refractivity contribution in [2.24, 2.45) is 0 Å². The highest BCUT2D eigenvalue weighted by Gasteiger charge is 2.32. The van der Waals surface area contributed by atoms with Crippen molar-refractivity contribution in [1.29, 1.82) is 0 Å². The molecule has 0 atom stereocenters. The summed E-state index contributed by atoms with van der Waals surface area (Å²) >= 11 is 6.46. The quantitative estimate of drug-likeness (QED) is 0.620. The van der Waals surface area contributed by atoms with Crippen LogP contribution in [-0.4, -0.2) is 58.9 Å². The monoisotopic (exact) mass is 367 g/mol. The van der Waals surface area contributed by atoms with Crippen molar-refractivity contribution in [2.45, 2.75) is 6.42 Å². The summed E-state index contributed by atoms with van der Waals surface area (Å²) in [6.45, 7) is 2.80. The van der Waals surface area contributed by atoms with Gasteiger partial charge < -0.3 is 9.15 Å². The van der Waals surface area contributed by atoms with Crippen molar-refractivity contribution in [3.05, 3.63) is 29.1 Å². The second-order valence-corrected chi connectivity index (χ2v) is 6.91. The van der Waals surface area contributed by atoms with E-state index >= 15 is 0 Å². The predicted molar refractivity (Wildman–Crippen MR) is 93.7 cm³/mol. The molecule has 2 aliphatic heterocycles. The Bertz CT molecular complexity index is 654. The Morgan fingerprint density at radius 3 is 2.92 bits per heavy atom. The molecule has 2 amide bonds. The number of carbonyl (C=O) groups excluding carboxylic acids is 2. The van der Waals surface area contributed by atoms with E-state index in [1.807, 2.05) is 5.01 Å². The molecule has 0 bridgehead atoms. The number of furan rings is 1. The summed E-state index contributed by atoms with van der Waals surface area (Å²) in [5.41, 5.74) is 2.82. The topological polar surface area (TPSA) is 75.0 Å². The van der Waals surface area contributed by atoms with Crippen LogP contribution in [0.15, 0.2) is 27.7 Å². The van der Waals surface area contributed by atoms with Crippen molar-refractivity contribution in [1.82, 2.24) is 15.3 Å². The smallest absolute Gasteiger partial charge is 0.266 e. The van der Waals surface area contributed by atoms with Crippen LogP contribution in [0.2, 0.25) is 0 Å². The second kappa shape index (κ2) is 7.93. The van der Waals surface area contributed by atoms with Gasteiger partial charge in [-0.05, 0) is 12.1 Å². The molecule has 24 heavy (non-hydrogen) atoms. The summed E-state index contributed by atoms with van der Waals surface area (Å²) in [6, 6.07) is 3.52. The Labute approximate surface area is 148 Å². The summed E-state index contributed by atoms with van der Waals surface area (Å²) < 4.78 is 10.9. The van der Waals surface area contributed by atoms with Crippen LogP contribution in [0.25, 0.3) is 6.08 Å². The average molecular weight is 367 g/mol. The standard InChI is InChI=1S/C15H17N3O4S2/c19-13(16-17-5-8-21-9-6-17)3-4-18-14(20)12(24-15(18)23)10-11-2-1-7-22-11/h1-2,7,10H,3-6,8-9H2,(H,16,19). The number of hydrogen-bond donors (Lipinski definition) is 1. The number of morpholine rings is 1. The largest absolute Gasteiger partial charge is 0.465 e. The number of hydrogen-bond acceptors (Lipinski definition) is 7. The van der Waals surface area contributed by atoms with Crippen LogP contribution >= 0.6 is 24.0 Å². The van der Waals surface area contributed by atoms with Crippen LogP contribution < -0.4 is 5.43 Å². The van der Waals surface area contributed by atoms with Crippen LogP contribution in [0.1, 0.15) is 12.2 Å². The van der Waals surface area contributed by atoms with Gasteiger partial charge in [0.1, 0.15) is 10.1 Å². The molecule has 0 aliphatic carbocycles. The first kappa shape index (κ1) is 17.2. The molecule has 7 nitrogen and oxygen atoms in total. The lowest BCUT2D eigenvalue weighted by Gasteiger charge is -2.27. The molecule has 3 rings (SSSR count). The van der Waals surface area contributed by atoms with E-state index in [9.17, 15) is 9.59 Å². The highest BCUT2D eigenvalue weighted by Crippen LogP contribution is 2.32. The lowest BCUT2D eigenvalue weighted by atomic mass is 10.3. The summed E-state index contributed by atoms with van der Waals surface area (Å²) in [7, 11) is 0. The van der Waals surface area contributed by atoms with Gasteiger partial charge in [0.25, 0.3) is 5.91 Å². The lowest BCUT2D eigenvalue weighted by molar-refractivity contribution is -0.128. The molecule has 9 heteroatoms. The fourth-order valence-corrected chi connectivity index (χ4v) is 3.60. The van der Waals surface area contributed by atoms with Crippen LogP contribution in [-0.2, 0) is 14.3 Å². The first-order chi connectivity index (χ1) is 11.6. The number of thiocarbonyl (C=S) groups is 1. The molecule has 0 spiro atoms. The zero-order chi connectivity index (χ0) is 16.9. The third-order valence-corrected chi connectivity index (χ3v) is 4.92. The molecule has 0 saturated carbocycles. The zero-order valence-electron chi connectivity index (χ0n) is 12.9. The first-order valence-electron chi connectivity index (χ1n) is 7.54. The first-order valence-corrected chi connectivity index (χ1v) is 8.77. The Morgan fingerprint density at radius 2 is 2.21 bits per heavy atom. The van der Waals surface area contributed by atoms with E-state index in [2.05, 4.69) is 5.43 Å². The van der Waals surface area contributed by atoms with Gasteiger partial charge in [-0.3, -0.25) is 19.9 Å². The number of nitrogens with one attached hydrogen (secondary N) is 1. The van der Waals surface area contributed by atoms with E-state index in [1.165, 1.54) is 16.7 Å². The number of nitrogens with zero attached hydrogens (tertiary/aromatic N) is 2. The summed E-state index contributed by atoms with van der Waals surface area (Å²) in [6.07, 6.45) is 3.40. The Kier molecular flexibility index (Phi) is 5.67. The van der Waals surface area contributed by atoms with Crippen LogP contribution in [0, 0.1) is 0 Å². The van der Waals surface area contributed by atoms with E-state index < -0.39 is 0 Å². The molecule has 3 heterocycles. The molecule has 2 saturated heterocycles. The normalized spacial score (nSPS) is 20.8.